The molecule has 0 N–H and O–H groups in total. The van der Waals surface area contributed by atoms with Crippen LogP contribution in [-0.4, -0.2) is 14.2 Å². The Bertz CT molecular complexity index is 624. The fourth-order valence-electron chi connectivity index (χ4n) is 2.08. The summed E-state index contributed by atoms with van der Waals surface area (Å²) in [5.74, 6) is 1.45. The number of nitriles is 1. The molecule has 0 aliphatic rings. The average Bonchev–Trinajstić information content (AvgIpc) is 2.46. The van der Waals surface area contributed by atoms with E-state index in [1.165, 1.54) is 0 Å². The Morgan fingerprint density at radius 2 is 1.63 bits per heavy atom. The Kier molecular flexibility index (Phi) is 3.72. The lowest BCUT2D eigenvalue weighted by atomic mass is 9.99. The lowest BCUT2D eigenvalue weighted by Crippen LogP contribution is -1.93. The minimum atomic E-state index is 0.549. The molecule has 0 aromatic heterocycles. The molecule has 0 atom stereocenters. The molecule has 0 fully saturated rings. The monoisotopic (exact) mass is 253 g/mol. The van der Waals surface area contributed by atoms with E-state index in [1.54, 1.807) is 14.2 Å². The van der Waals surface area contributed by atoms with Crippen LogP contribution >= 0.6 is 0 Å². The van der Waals surface area contributed by atoms with Crippen LogP contribution in [0, 0.1) is 18.3 Å². The maximum atomic E-state index is 9.18. The minimum absolute atomic E-state index is 0.549. The average molecular weight is 253 g/mol. The second kappa shape index (κ2) is 5.45. The molecule has 0 saturated heterocycles. The van der Waals surface area contributed by atoms with Crippen LogP contribution in [0.5, 0.6) is 11.5 Å². The first-order valence-electron chi connectivity index (χ1n) is 5.92. The molecule has 0 aliphatic carbocycles. The van der Waals surface area contributed by atoms with Gasteiger partial charge in [0.2, 0.25) is 0 Å². The van der Waals surface area contributed by atoms with E-state index in [0.717, 1.165) is 22.4 Å². The standard InChI is InChI=1S/C16H15NO2/c1-11-8-13(9-14(10-17)16(11)19-3)12-4-6-15(18-2)7-5-12/h4-9H,1-3H3. The van der Waals surface area contributed by atoms with Gasteiger partial charge in [-0.25, -0.2) is 0 Å². The molecular weight excluding hydrogens is 238 g/mol. The number of methoxy groups -OCH3 is 2. The van der Waals surface area contributed by atoms with E-state index in [-0.39, 0.29) is 0 Å². The molecule has 0 spiro atoms. The van der Waals surface area contributed by atoms with Crippen molar-refractivity contribution >= 4 is 0 Å². The molecule has 3 nitrogen and oxygen atoms in total. The minimum Gasteiger partial charge on any atom is -0.497 e. The van der Waals surface area contributed by atoms with Gasteiger partial charge in [0.15, 0.2) is 0 Å². The van der Waals surface area contributed by atoms with Crippen LogP contribution in [-0.2, 0) is 0 Å². The molecule has 0 unspecified atom stereocenters. The molecule has 96 valence electrons. The second-order valence-corrected chi connectivity index (χ2v) is 4.21. The second-order valence-electron chi connectivity index (χ2n) is 4.21. The van der Waals surface area contributed by atoms with E-state index in [0.29, 0.717) is 11.3 Å². The van der Waals surface area contributed by atoms with Gasteiger partial charge in [-0.2, -0.15) is 5.26 Å². The van der Waals surface area contributed by atoms with Crippen LogP contribution in [0.4, 0.5) is 0 Å². The number of rotatable bonds is 3. The number of nitrogens with zero attached hydrogens (tertiary/aromatic N) is 1. The van der Waals surface area contributed by atoms with E-state index in [9.17, 15) is 5.26 Å². The van der Waals surface area contributed by atoms with E-state index >= 15 is 0 Å². The topological polar surface area (TPSA) is 42.2 Å². The molecule has 2 aromatic rings. The van der Waals surface area contributed by atoms with Crippen LogP contribution in [0.3, 0.4) is 0 Å². The summed E-state index contributed by atoms with van der Waals surface area (Å²) in [5.41, 5.74) is 3.54. The van der Waals surface area contributed by atoms with Crippen molar-refractivity contribution in [3.8, 4) is 28.7 Å². The number of benzene rings is 2. The molecule has 0 bridgehead atoms. The SMILES string of the molecule is COc1ccc(-c2cc(C)c(OC)c(C#N)c2)cc1. The molecule has 19 heavy (non-hydrogen) atoms. The number of hydrogen-bond donors (Lipinski definition) is 0. The zero-order valence-corrected chi connectivity index (χ0v) is 11.2. The van der Waals surface area contributed by atoms with Gasteiger partial charge in [-0.3, -0.25) is 0 Å². The third-order valence-corrected chi connectivity index (χ3v) is 3.02. The van der Waals surface area contributed by atoms with Crippen molar-refractivity contribution in [3.63, 3.8) is 0 Å². The molecule has 0 amide bonds. The summed E-state index contributed by atoms with van der Waals surface area (Å²) < 4.78 is 10.4. The number of ether oxygens (including phenoxy) is 2. The van der Waals surface area contributed by atoms with Gasteiger partial charge in [-0.05, 0) is 47.9 Å². The highest BCUT2D eigenvalue weighted by Gasteiger charge is 2.09. The summed E-state index contributed by atoms with van der Waals surface area (Å²) in [4.78, 5) is 0. The molecule has 2 aromatic carbocycles. The fourth-order valence-corrected chi connectivity index (χ4v) is 2.08. The highest BCUT2D eigenvalue weighted by molar-refractivity contribution is 5.69. The van der Waals surface area contributed by atoms with Crippen molar-refractivity contribution in [2.75, 3.05) is 14.2 Å². The van der Waals surface area contributed by atoms with Gasteiger partial charge in [-0.1, -0.05) is 12.1 Å². The Hall–Kier alpha value is -2.47. The fraction of sp³-hybridized carbons (Fsp3) is 0.188. The highest BCUT2D eigenvalue weighted by Crippen LogP contribution is 2.30. The van der Waals surface area contributed by atoms with Crippen LogP contribution in [0.1, 0.15) is 11.1 Å². The Balaban J connectivity index is 2.50. The van der Waals surface area contributed by atoms with Crippen molar-refractivity contribution in [1.29, 1.82) is 5.26 Å². The van der Waals surface area contributed by atoms with Crippen LogP contribution in [0.15, 0.2) is 36.4 Å². The Morgan fingerprint density at radius 1 is 0.947 bits per heavy atom. The molecule has 3 heteroatoms. The maximum Gasteiger partial charge on any atom is 0.139 e. The van der Waals surface area contributed by atoms with Crippen LogP contribution in [0.25, 0.3) is 11.1 Å². The van der Waals surface area contributed by atoms with Crippen LogP contribution < -0.4 is 9.47 Å². The first-order chi connectivity index (χ1) is 9.19. The van der Waals surface area contributed by atoms with Gasteiger partial charge < -0.3 is 9.47 Å². The summed E-state index contributed by atoms with van der Waals surface area (Å²) in [6.45, 7) is 1.94. The Labute approximate surface area is 113 Å². The third-order valence-electron chi connectivity index (χ3n) is 3.02. The van der Waals surface area contributed by atoms with Crippen molar-refractivity contribution in [1.82, 2.24) is 0 Å². The van der Waals surface area contributed by atoms with Gasteiger partial charge in [0, 0.05) is 0 Å². The largest absolute Gasteiger partial charge is 0.497 e. The van der Waals surface area contributed by atoms with Gasteiger partial charge in [0.1, 0.15) is 17.6 Å². The zero-order valence-electron chi connectivity index (χ0n) is 11.2. The molecular formula is C16H15NO2. The summed E-state index contributed by atoms with van der Waals surface area (Å²) in [7, 11) is 3.22. The molecule has 0 radical (unpaired) electrons. The first kappa shape index (κ1) is 13.0. The van der Waals surface area contributed by atoms with E-state index < -0.39 is 0 Å². The Morgan fingerprint density at radius 3 is 2.16 bits per heavy atom. The quantitative estimate of drug-likeness (QED) is 0.840. The number of aryl methyl sites for hydroxylation is 1. The lowest BCUT2D eigenvalue weighted by Gasteiger charge is -2.10. The van der Waals surface area contributed by atoms with Crippen molar-refractivity contribution in [2.45, 2.75) is 6.92 Å². The zero-order chi connectivity index (χ0) is 13.8. The van der Waals surface area contributed by atoms with E-state index in [2.05, 4.69) is 6.07 Å². The summed E-state index contributed by atoms with van der Waals surface area (Å²) in [6.07, 6.45) is 0. The predicted octanol–water partition coefficient (Wildman–Crippen LogP) is 3.55. The van der Waals surface area contributed by atoms with Crippen molar-refractivity contribution in [3.05, 3.63) is 47.5 Å². The third kappa shape index (κ3) is 2.53. The van der Waals surface area contributed by atoms with Gasteiger partial charge in [-0.15, -0.1) is 0 Å². The number of hydrogen-bond acceptors (Lipinski definition) is 3. The van der Waals surface area contributed by atoms with Gasteiger partial charge in [0.05, 0.1) is 19.8 Å². The summed E-state index contributed by atoms with van der Waals surface area (Å²) in [6, 6.07) is 13.8. The molecule has 0 aliphatic heterocycles. The lowest BCUT2D eigenvalue weighted by molar-refractivity contribution is 0.410. The van der Waals surface area contributed by atoms with E-state index in [4.69, 9.17) is 9.47 Å². The molecule has 0 heterocycles. The molecule has 0 saturated carbocycles. The van der Waals surface area contributed by atoms with Crippen molar-refractivity contribution < 1.29 is 9.47 Å². The normalized spacial score (nSPS) is 9.79. The summed E-state index contributed by atoms with van der Waals surface area (Å²) in [5, 5.41) is 9.18. The first-order valence-corrected chi connectivity index (χ1v) is 5.92. The smallest absolute Gasteiger partial charge is 0.139 e. The van der Waals surface area contributed by atoms with Crippen LogP contribution in [0.2, 0.25) is 0 Å². The summed E-state index contributed by atoms with van der Waals surface area (Å²) >= 11 is 0. The van der Waals surface area contributed by atoms with E-state index in [1.807, 2.05) is 43.3 Å². The molecule has 2 rings (SSSR count). The van der Waals surface area contributed by atoms with Crippen molar-refractivity contribution in [2.24, 2.45) is 0 Å². The maximum absolute atomic E-state index is 9.18. The van der Waals surface area contributed by atoms with Gasteiger partial charge >= 0.3 is 0 Å². The van der Waals surface area contributed by atoms with Gasteiger partial charge in [0.25, 0.3) is 0 Å². The highest BCUT2D eigenvalue weighted by atomic mass is 16.5. The predicted molar refractivity (Wildman–Crippen MR) is 74.4 cm³/mol.